The van der Waals surface area contributed by atoms with E-state index in [1.165, 1.54) is 0 Å². The summed E-state index contributed by atoms with van der Waals surface area (Å²) in [5, 5.41) is 9.24. The van der Waals surface area contributed by atoms with Crippen LogP contribution in [0.3, 0.4) is 0 Å². The lowest BCUT2D eigenvalue weighted by Gasteiger charge is -2.03. The molecule has 0 fully saturated rings. The predicted octanol–water partition coefficient (Wildman–Crippen LogP) is 2.28. The Morgan fingerprint density at radius 2 is 2.42 bits per heavy atom. The van der Waals surface area contributed by atoms with Crippen molar-refractivity contribution in [2.75, 3.05) is 0 Å². The van der Waals surface area contributed by atoms with E-state index in [-0.39, 0.29) is 0 Å². The Morgan fingerprint density at radius 1 is 1.75 bits per heavy atom. The summed E-state index contributed by atoms with van der Waals surface area (Å²) in [6.07, 6.45) is 11.0. The zero-order valence-corrected chi connectivity index (χ0v) is 7.59. The molecule has 0 saturated heterocycles. The number of aliphatic hydroxyl groups is 1. The molecule has 0 aromatic rings. The van der Waals surface area contributed by atoms with Crippen LogP contribution in [-0.2, 0) is 0 Å². The maximum Gasteiger partial charge on any atom is 0.139 e. The molecule has 1 atom stereocenters. The Balaban J connectivity index is 4.06. The molecule has 0 bridgehead atoms. The van der Waals surface area contributed by atoms with Crippen LogP contribution in [0, 0.1) is 12.3 Å². The van der Waals surface area contributed by atoms with Crippen LogP contribution < -0.4 is 0 Å². The number of hydrogen-bond donors (Lipinski definition) is 1. The van der Waals surface area contributed by atoms with Gasteiger partial charge in [-0.3, -0.25) is 0 Å². The molecular formula is C11H16O. The van der Waals surface area contributed by atoms with E-state index in [0.717, 1.165) is 24.8 Å². The molecule has 1 nitrogen and oxygen atoms in total. The molecule has 0 aliphatic heterocycles. The largest absolute Gasteiger partial charge is 0.376 e. The van der Waals surface area contributed by atoms with E-state index in [0.29, 0.717) is 0 Å². The van der Waals surface area contributed by atoms with Crippen molar-refractivity contribution in [3.63, 3.8) is 0 Å². The van der Waals surface area contributed by atoms with Gasteiger partial charge in [0, 0.05) is 0 Å². The van der Waals surface area contributed by atoms with Crippen LogP contribution in [0.5, 0.6) is 0 Å². The van der Waals surface area contributed by atoms with Crippen LogP contribution >= 0.6 is 0 Å². The molecule has 0 spiro atoms. The van der Waals surface area contributed by atoms with Crippen molar-refractivity contribution in [1.29, 1.82) is 0 Å². The highest BCUT2D eigenvalue weighted by molar-refractivity contribution is 5.27. The highest BCUT2D eigenvalue weighted by Crippen LogP contribution is 2.06. The second kappa shape index (κ2) is 6.69. The molecule has 0 radical (unpaired) electrons. The summed E-state index contributed by atoms with van der Waals surface area (Å²) in [5.41, 5.74) is 0.742. The van der Waals surface area contributed by atoms with Crippen LogP contribution in [0.1, 0.15) is 26.2 Å². The summed E-state index contributed by atoms with van der Waals surface area (Å²) < 4.78 is 0. The lowest BCUT2D eigenvalue weighted by molar-refractivity contribution is 0.272. The Morgan fingerprint density at radius 3 is 2.83 bits per heavy atom. The van der Waals surface area contributed by atoms with E-state index in [1.807, 2.05) is 6.08 Å². The fourth-order valence-corrected chi connectivity index (χ4v) is 0.876. The normalized spacial score (nSPS) is 13.6. The average molecular weight is 164 g/mol. The Labute approximate surface area is 74.8 Å². The third-order valence-electron chi connectivity index (χ3n) is 1.65. The van der Waals surface area contributed by atoms with Gasteiger partial charge in [-0.2, -0.15) is 0 Å². The van der Waals surface area contributed by atoms with Crippen molar-refractivity contribution < 1.29 is 5.11 Å². The quantitative estimate of drug-likeness (QED) is 0.375. The van der Waals surface area contributed by atoms with Crippen molar-refractivity contribution in [2.45, 2.75) is 32.3 Å². The van der Waals surface area contributed by atoms with Crippen molar-refractivity contribution in [1.82, 2.24) is 0 Å². The number of aliphatic hydroxyl groups excluding tert-OH is 1. The van der Waals surface area contributed by atoms with Crippen molar-refractivity contribution in [3.05, 3.63) is 24.3 Å². The Hall–Kier alpha value is -1.00. The molecule has 1 N–H and O–H groups in total. The first kappa shape index (κ1) is 11.0. The number of rotatable bonds is 5. The van der Waals surface area contributed by atoms with Gasteiger partial charge >= 0.3 is 0 Å². The molecule has 0 rings (SSSR count). The first-order valence-corrected chi connectivity index (χ1v) is 4.23. The molecule has 1 heteroatoms. The second-order valence-electron chi connectivity index (χ2n) is 2.62. The average Bonchev–Trinajstić information content (AvgIpc) is 2.11. The number of unbranched alkanes of at least 4 members (excludes halogenated alkanes) is 2. The molecule has 12 heavy (non-hydrogen) atoms. The maximum absolute atomic E-state index is 9.24. The lowest BCUT2D eigenvalue weighted by Crippen LogP contribution is -2.04. The summed E-state index contributed by atoms with van der Waals surface area (Å²) in [7, 11) is 0. The smallest absolute Gasteiger partial charge is 0.139 e. The molecule has 1 unspecified atom stereocenters. The summed E-state index contributed by atoms with van der Waals surface area (Å²) in [4.78, 5) is 0. The Bertz CT molecular complexity index is 196. The van der Waals surface area contributed by atoms with Crippen LogP contribution in [-0.4, -0.2) is 11.2 Å². The van der Waals surface area contributed by atoms with Crippen LogP contribution in [0.2, 0.25) is 0 Å². The van der Waals surface area contributed by atoms with Crippen molar-refractivity contribution in [3.8, 4) is 12.3 Å². The summed E-state index contributed by atoms with van der Waals surface area (Å²) in [5.74, 6) is 2.26. The summed E-state index contributed by atoms with van der Waals surface area (Å²) >= 11 is 0. The van der Waals surface area contributed by atoms with Crippen molar-refractivity contribution in [2.24, 2.45) is 0 Å². The lowest BCUT2D eigenvalue weighted by atomic mass is 10.1. The molecular weight excluding hydrogens is 148 g/mol. The first-order chi connectivity index (χ1) is 5.76. The zero-order chi connectivity index (χ0) is 9.40. The zero-order valence-electron chi connectivity index (χ0n) is 7.59. The van der Waals surface area contributed by atoms with Crippen LogP contribution in [0.4, 0.5) is 0 Å². The number of allylic oxidation sites excluding steroid dienone is 1. The third kappa shape index (κ3) is 4.00. The summed E-state index contributed by atoms with van der Waals surface area (Å²) in [6.45, 7) is 5.71. The van der Waals surface area contributed by atoms with Gasteiger partial charge in [-0.1, -0.05) is 44.4 Å². The minimum Gasteiger partial charge on any atom is -0.376 e. The molecule has 0 heterocycles. The fourth-order valence-electron chi connectivity index (χ4n) is 0.876. The van der Waals surface area contributed by atoms with Gasteiger partial charge in [0.05, 0.1) is 0 Å². The number of hydrogen-bond acceptors (Lipinski definition) is 1. The number of terminal acetylenes is 1. The maximum atomic E-state index is 9.24. The van der Waals surface area contributed by atoms with E-state index in [1.54, 1.807) is 6.08 Å². The van der Waals surface area contributed by atoms with Crippen LogP contribution in [0.15, 0.2) is 24.3 Å². The molecule has 0 aliphatic rings. The minimum absolute atomic E-state index is 0.742. The first-order valence-electron chi connectivity index (χ1n) is 4.23. The van der Waals surface area contributed by atoms with Gasteiger partial charge in [0.1, 0.15) is 6.10 Å². The van der Waals surface area contributed by atoms with Gasteiger partial charge in [-0.15, -0.1) is 6.42 Å². The van der Waals surface area contributed by atoms with E-state index in [2.05, 4.69) is 19.4 Å². The SMILES string of the molecule is C#CC(O)C(C=C)=CCCCC. The van der Waals surface area contributed by atoms with Gasteiger partial charge in [-0.25, -0.2) is 0 Å². The Kier molecular flexibility index (Phi) is 6.14. The van der Waals surface area contributed by atoms with Gasteiger partial charge in [0.2, 0.25) is 0 Å². The second-order valence-corrected chi connectivity index (χ2v) is 2.62. The van der Waals surface area contributed by atoms with E-state index in [9.17, 15) is 5.11 Å². The summed E-state index contributed by atoms with van der Waals surface area (Å²) in [6, 6.07) is 0. The van der Waals surface area contributed by atoms with E-state index >= 15 is 0 Å². The molecule has 0 saturated carbocycles. The molecule has 0 aromatic heterocycles. The standard InChI is InChI=1S/C11H16O/c1-4-7-8-9-10(5-2)11(12)6-3/h3,5,9,11-12H,2,4,7-8H2,1H3. The monoisotopic (exact) mass is 164 g/mol. The topological polar surface area (TPSA) is 20.2 Å². The van der Waals surface area contributed by atoms with E-state index < -0.39 is 6.10 Å². The van der Waals surface area contributed by atoms with Crippen molar-refractivity contribution >= 4 is 0 Å². The van der Waals surface area contributed by atoms with E-state index in [4.69, 9.17) is 6.42 Å². The third-order valence-corrected chi connectivity index (χ3v) is 1.65. The molecule has 0 amide bonds. The van der Waals surface area contributed by atoms with Gasteiger partial charge < -0.3 is 5.11 Å². The highest BCUT2D eigenvalue weighted by Gasteiger charge is 2.01. The van der Waals surface area contributed by atoms with Crippen LogP contribution in [0.25, 0.3) is 0 Å². The molecule has 66 valence electrons. The van der Waals surface area contributed by atoms with Gasteiger partial charge in [-0.05, 0) is 12.0 Å². The molecule has 0 aromatic carbocycles. The molecule has 0 aliphatic carbocycles. The van der Waals surface area contributed by atoms with Gasteiger partial charge in [0.15, 0.2) is 0 Å². The highest BCUT2D eigenvalue weighted by atomic mass is 16.3. The minimum atomic E-state index is -0.792. The fraction of sp³-hybridized carbons (Fsp3) is 0.455. The van der Waals surface area contributed by atoms with Gasteiger partial charge in [0.25, 0.3) is 0 Å². The predicted molar refractivity (Wildman–Crippen MR) is 52.6 cm³/mol.